The van der Waals surface area contributed by atoms with E-state index in [2.05, 4.69) is 20.9 Å². The van der Waals surface area contributed by atoms with Crippen LogP contribution in [0.15, 0.2) is 22.8 Å². The van der Waals surface area contributed by atoms with E-state index in [9.17, 15) is 4.79 Å². The van der Waals surface area contributed by atoms with Gasteiger partial charge in [0.25, 0.3) is 5.91 Å². The lowest BCUT2D eigenvalue weighted by Crippen LogP contribution is -2.37. The highest BCUT2D eigenvalue weighted by Crippen LogP contribution is 2.14. The van der Waals surface area contributed by atoms with Crippen molar-refractivity contribution in [3.05, 3.63) is 28.5 Å². The number of nitrogens with zero attached hydrogens (tertiary/aromatic N) is 2. The Morgan fingerprint density at radius 3 is 3.06 bits per heavy atom. The van der Waals surface area contributed by atoms with Gasteiger partial charge < -0.3 is 9.64 Å². The minimum absolute atomic E-state index is 0.0644. The van der Waals surface area contributed by atoms with Gasteiger partial charge in [0, 0.05) is 20.2 Å². The summed E-state index contributed by atoms with van der Waals surface area (Å²) < 4.78 is 6.31. The van der Waals surface area contributed by atoms with Gasteiger partial charge in [0.05, 0.1) is 6.10 Å². The molecule has 98 valence electrons. The molecule has 0 N–H and O–H groups in total. The molecule has 0 aromatic carbocycles. The van der Waals surface area contributed by atoms with E-state index in [0.717, 1.165) is 19.4 Å². The molecule has 0 aliphatic carbocycles. The molecule has 5 heteroatoms. The first-order valence-electron chi connectivity index (χ1n) is 6.16. The molecule has 0 bridgehead atoms. The second-order valence-corrected chi connectivity index (χ2v) is 5.33. The second-order valence-electron chi connectivity index (χ2n) is 4.52. The maximum Gasteiger partial charge on any atom is 0.272 e. The molecule has 1 aliphatic rings. The number of likely N-dealkylation sites (N-methyl/N-ethyl adjacent to an activating group) is 1. The smallest absolute Gasteiger partial charge is 0.272 e. The minimum Gasteiger partial charge on any atom is -0.376 e. The summed E-state index contributed by atoms with van der Waals surface area (Å²) >= 11 is 3.27. The summed E-state index contributed by atoms with van der Waals surface area (Å²) in [7, 11) is 1.79. The first-order valence-corrected chi connectivity index (χ1v) is 6.96. The Balaban J connectivity index is 1.95. The number of ether oxygens (including phenoxy) is 1. The summed E-state index contributed by atoms with van der Waals surface area (Å²) in [6.45, 7) is 1.44. The van der Waals surface area contributed by atoms with Gasteiger partial charge in [0.1, 0.15) is 10.3 Å². The number of pyridine rings is 1. The monoisotopic (exact) mass is 312 g/mol. The summed E-state index contributed by atoms with van der Waals surface area (Å²) in [5.74, 6) is -0.0644. The summed E-state index contributed by atoms with van der Waals surface area (Å²) in [4.78, 5) is 18.0. The first kappa shape index (κ1) is 13.5. The maximum atomic E-state index is 12.2. The molecule has 18 heavy (non-hydrogen) atoms. The molecule has 1 aromatic rings. The molecule has 1 atom stereocenters. The van der Waals surface area contributed by atoms with Gasteiger partial charge >= 0.3 is 0 Å². The average Bonchev–Trinajstić information content (AvgIpc) is 2.39. The van der Waals surface area contributed by atoms with Crippen LogP contribution < -0.4 is 0 Å². The van der Waals surface area contributed by atoms with Crippen LogP contribution >= 0.6 is 15.9 Å². The molecule has 1 aromatic heterocycles. The van der Waals surface area contributed by atoms with Crippen LogP contribution in [0.4, 0.5) is 0 Å². The number of rotatable bonds is 3. The lowest BCUT2D eigenvalue weighted by molar-refractivity contribution is -0.000293. The molecule has 4 nitrogen and oxygen atoms in total. The van der Waals surface area contributed by atoms with Gasteiger partial charge in [-0.3, -0.25) is 4.79 Å². The van der Waals surface area contributed by atoms with Gasteiger partial charge in [0.15, 0.2) is 0 Å². The first-order chi connectivity index (χ1) is 8.66. The lowest BCUT2D eigenvalue weighted by atomic mass is 10.1. The van der Waals surface area contributed by atoms with E-state index in [0.29, 0.717) is 16.8 Å². The predicted molar refractivity (Wildman–Crippen MR) is 72.5 cm³/mol. The Kier molecular flexibility index (Phi) is 4.72. The van der Waals surface area contributed by atoms with Crippen LogP contribution in [0.3, 0.4) is 0 Å². The number of carbonyl (C=O) groups is 1. The van der Waals surface area contributed by atoms with Crippen molar-refractivity contribution in [1.82, 2.24) is 9.88 Å². The van der Waals surface area contributed by atoms with Gasteiger partial charge in [-0.15, -0.1) is 0 Å². The topological polar surface area (TPSA) is 42.4 Å². The van der Waals surface area contributed by atoms with Gasteiger partial charge in [-0.25, -0.2) is 4.98 Å². The van der Waals surface area contributed by atoms with Crippen molar-refractivity contribution in [2.24, 2.45) is 0 Å². The Bertz CT molecular complexity index is 419. The van der Waals surface area contributed by atoms with E-state index in [1.165, 1.54) is 6.42 Å². The molecule has 2 rings (SSSR count). The van der Waals surface area contributed by atoms with Crippen LogP contribution in [0.1, 0.15) is 29.8 Å². The zero-order chi connectivity index (χ0) is 13.0. The third-order valence-electron chi connectivity index (χ3n) is 3.03. The molecule has 1 aliphatic heterocycles. The lowest BCUT2D eigenvalue weighted by Gasteiger charge is -2.27. The molecule has 1 amide bonds. The van der Waals surface area contributed by atoms with Crippen molar-refractivity contribution in [2.75, 3.05) is 20.2 Å². The van der Waals surface area contributed by atoms with Crippen LogP contribution in [-0.4, -0.2) is 42.1 Å². The number of aromatic nitrogens is 1. The van der Waals surface area contributed by atoms with Gasteiger partial charge in [-0.1, -0.05) is 6.07 Å². The zero-order valence-electron chi connectivity index (χ0n) is 10.4. The number of hydrogen-bond donors (Lipinski definition) is 0. The molecule has 0 saturated carbocycles. The van der Waals surface area contributed by atoms with E-state index in [1.807, 2.05) is 6.07 Å². The molecule has 0 spiro atoms. The molecule has 1 fully saturated rings. The zero-order valence-corrected chi connectivity index (χ0v) is 12.0. The number of amides is 1. The highest BCUT2D eigenvalue weighted by atomic mass is 79.9. The second kappa shape index (κ2) is 6.29. The number of halogens is 1. The van der Waals surface area contributed by atoms with Crippen molar-refractivity contribution in [3.63, 3.8) is 0 Å². The van der Waals surface area contributed by atoms with Crippen LogP contribution in [-0.2, 0) is 4.74 Å². The van der Waals surface area contributed by atoms with Crippen molar-refractivity contribution in [1.29, 1.82) is 0 Å². The highest BCUT2D eigenvalue weighted by molar-refractivity contribution is 9.10. The van der Waals surface area contributed by atoms with Crippen molar-refractivity contribution in [3.8, 4) is 0 Å². The Hall–Kier alpha value is -0.940. The quantitative estimate of drug-likeness (QED) is 0.805. The normalized spacial score (nSPS) is 19.6. The molecular weight excluding hydrogens is 296 g/mol. The summed E-state index contributed by atoms with van der Waals surface area (Å²) in [6, 6.07) is 5.35. The third-order valence-corrected chi connectivity index (χ3v) is 3.47. The summed E-state index contributed by atoms with van der Waals surface area (Å²) in [5.41, 5.74) is 0.461. The standard InChI is InChI=1S/C13H17BrN2O2/c1-16(9-10-5-2-3-8-18-10)13(17)11-6-4-7-12(14)15-11/h4,6-7,10H,2-3,5,8-9H2,1H3. The Labute approximate surface area is 115 Å². The molecule has 1 unspecified atom stereocenters. The van der Waals surface area contributed by atoms with Crippen LogP contribution in [0.25, 0.3) is 0 Å². The fourth-order valence-corrected chi connectivity index (χ4v) is 2.41. The average molecular weight is 313 g/mol. The van der Waals surface area contributed by atoms with E-state index >= 15 is 0 Å². The molecular formula is C13H17BrN2O2. The molecule has 0 radical (unpaired) electrons. The van der Waals surface area contributed by atoms with E-state index in [1.54, 1.807) is 24.1 Å². The summed E-state index contributed by atoms with van der Waals surface area (Å²) in [6.07, 6.45) is 3.51. The SMILES string of the molecule is CN(CC1CCCCO1)C(=O)c1cccc(Br)n1. The molecule has 2 heterocycles. The van der Waals surface area contributed by atoms with Gasteiger partial charge in [-0.05, 0) is 47.3 Å². The van der Waals surface area contributed by atoms with Crippen LogP contribution in [0, 0.1) is 0 Å². The maximum absolute atomic E-state index is 12.2. The van der Waals surface area contributed by atoms with E-state index < -0.39 is 0 Å². The Morgan fingerprint density at radius 2 is 2.39 bits per heavy atom. The van der Waals surface area contributed by atoms with Crippen molar-refractivity contribution >= 4 is 21.8 Å². The summed E-state index contributed by atoms with van der Waals surface area (Å²) in [5, 5.41) is 0. The predicted octanol–water partition coefficient (Wildman–Crippen LogP) is 2.49. The highest BCUT2D eigenvalue weighted by Gasteiger charge is 2.20. The largest absolute Gasteiger partial charge is 0.376 e. The number of carbonyl (C=O) groups excluding carboxylic acids is 1. The fraction of sp³-hybridized carbons (Fsp3) is 0.538. The van der Waals surface area contributed by atoms with Crippen molar-refractivity contribution in [2.45, 2.75) is 25.4 Å². The molecule has 1 saturated heterocycles. The van der Waals surface area contributed by atoms with E-state index in [4.69, 9.17) is 4.74 Å². The van der Waals surface area contributed by atoms with E-state index in [-0.39, 0.29) is 12.0 Å². The van der Waals surface area contributed by atoms with Crippen LogP contribution in [0.5, 0.6) is 0 Å². The number of hydrogen-bond acceptors (Lipinski definition) is 3. The van der Waals surface area contributed by atoms with Crippen LogP contribution in [0.2, 0.25) is 0 Å². The Morgan fingerprint density at radius 1 is 1.56 bits per heavy atom. The third kappa shape index (κ3) is 3.53. The fourth-order valence-electron chi connectivity index (χ4n) is 2.06. The van der Waals surface area contributed by atoms with Gasteiger partial charge in [0.2, 0.25) is 0 Å². The van der Waals surface area contributed by atoms with Gasteiger partial charge in [-0.2, -0.15) is 0 Å². The minimum atomic E-state index is -0.0644. The van der Waals surface area contributed by atoms with Crippen molar-refractivity contribution < 1.29 is 9.53 Å².